The second kappa shape index (κ2) is 12.6. The van der Waals surface area contributed by atoms with E-state index in [2.05, 4.69) is 39.9 Å². The summed E-state index contributed by atoms with van der Waals surface area (Å²) in [5, 5.41) is 15.9. The molecule has 2 aromatic carbocycles. The summed E-state index contributed by atoms with van der Waals surface area (Å²) in [5.74, 6) is 3.21. The Bertz CT molecular complexity index is 1020. The number of hydrogen-bond donors (Lipinski definition) is 2. The lowest BCUT2D eigenvalue weighted by molar-refractivity contribution is 0.414. The third-order valence-corrected chi connectivity index (χ3v) is 5.50. The van der Waals surface area contributed by atoms with E-state index < -0.39 is 0 Å². The summed E-state index contributed by atoms with van der Waals surface area (Å²) >= 11 is 6.38. The predicted octanol–water partition coefficient (Wildman–Crippen LogP) is 4.44. The third-order valence-electron chi connectivity index (χ3n) is 5.15. The van der Waals surface area contributed by atoms with Gasteiger partial charge in [0.2, 0.25) is 0 Å². The van der Waals surface area contributed by atoms with Crippen LogP contribution in [0.1, 0.15) is 35.7 Å². The highest BCUT2D eigenvalue weighted by molar-refractivity contribution is 14.0. The van der Waals surface area contributed by atoms with Crippen molar-refractivity contribution >= 4 is 41.5 Å². The molecule has 1 unspecified atom stereocenters. The molecule has 1 heterocycles. The van der Waals surface area contributed by atoms with Crippen LogP contribution in [0.4, 0.5) is 0 Å². The molecule has 0 aliphatic heterocycles. The summed E-state index contributed by atoms with van der Waals surface area (Å²) < 4.78 is 7.16. The zero-order chi connectivity index (χ0) is 22.2. The van der Waals surface area contributed by atoms with Crippen molar-refractivity contribution < 1.29 is 4.74 Å². The Labute approximate surface area is 211 Å². The van der Waals surface area contributed by atoms with Crippen LogP contribution in [0.5, 0.6) is 5.75 Å². The minimum absolute atomic E-state index is 0. The zero-order valence-electron chi connectivity index (χ0n) is 18.8. The maximum Gasteiger partial charge on any atom is 0.192 e. The van der Waals surface area contributed by atoms with E-state index in [9.17, 15) is 0 Å². The molecule has 3 aromatic rings. The second-order valence-electron chi connectivity index (χ2n) is 7.30. The van der Waals surface area contributed by atoms with E-state index in [4.69, 9.17) is 21.3 Å². The number of aliphatic imine (C=N–C) groups is 1. The number of benzene rings is 2. The van der Waals surface area contributed by atoms with Crippen molar-refractivity contribution in [1.29, 1.82) is 0 Å². The maximum atomic E-state index is 6.38. The Balaban J connectivity index is 0.00000363. The SMILES string of the molecule is COc1ccc(CCNC(=NCc2nnc(C)n2C)NC(C)c2ccccc2Cl)cc1.I. The molecule has 0 aliphatic carbocycles. The molecule has 0 saturated heterocycles. The van der Waals surface area contributed by atoms with Gasteiger partial charge in [-0.1, -0.05) is 41.9 Å². The lowest BCUT2D eigenvalue weighted by atomic mass is 10.1. The van der Waals surface area contributed by atoms with E-state index in [1.54, 1.807) is 7.11 Å². The monoisotopic (exact) mass is 568 g/mol. The van der Waals surface area contributed by atoms with E-state index in [1.165, 1.54) is 5.56 Å². The summed E-state index contributed by atoms with van der Waals surface area (Å²) in [6.07, 6.45) is 0.855. The molecule has 0 radical (unpaired) electrons. The largest absolute Gasteiger partial charge is 0.497 e. The van der Waals surface area contributed by atoms with Crippen LogP contribution in [0.3, 0.4) is 0 Å². The Hall–Kier alpha value is -2.33. The standard InChI is InChI=1S/C23H29ClN6O.HI/c1-16(20-7-5-6-8-21(20)24)27-23(26-15-22-29-28-17(2)30(22)3)25-14-13-18-9-11-19(31-4)12-10-18;/h5-12,16H,13-15H2,1-4H3,(H2,25,26,27);1H. The van der Waals surface area contributed by atoms with Gasteiger partial charge in [0, 0.05) is 18.6 Å². The summed E-state index contributed by atoms with van der Waals surface area (Å²) in [5.41, 5.74) is 2.24. The molecule has 3 rings (SSSR count). The quantitative estimate of drug-likeness (QED) is 0.239. The predicted molar refractivity (Wildman–Crippen MR) is 140 cm³/mol. The van der Waals surface area contributed by atoms with Gasteiger partial charge in [0.25, 0.3) is 0 Å². The van der Waals surface area contributed by atoms with Crippen molar-refractivity contribution in [1.82, 2.24) is 25.4 Å². The molecule has 0 amide bonds. The van der Waals surface area contributed by atoms with Gasteiger partial charge in [-0.25, -0.2) is 4.99 Å². The van der Waals surface area contributed by atoms with E-state index in [1.807, 2.05) is 54.9 Å². The molecule has 0 fully saturated rings. The fraction of sp³-hybridized carbons (Fsp3) is 0.348. The lowest BCUT2D eigenvalue weighted by Crippen LogP contribution is -2.40. The maximum absolute atomic E-state index is 6.38. The fourth-order valence-corrected chi connectivity index (χ4v) is 3.42. The molecule has 9 heteroatoms. The normalized spacial score (nSPS) is 12.1. The number of hydrogen-bond acceptors (Lipinski definition) is 4. The molecular weight excluding hydrogens is 539 g/mol. The van der Waals surface area contributed by atoms with Crippen LogP contribution in [0.25, 0.3) is 0 Å². The zero-order valence-corrected chi connectivity index (χ0v) is 21.9. The van der Waals surface area contributed by atoms with Crippen LogP contribution >= 0.6 is 35.6 Å². The number of methoxy groups -OCH3 is 1. The number of rotatable bonds is 8. The van der Waals surface area contributed by atoms with E-state index >= 15 is 0 Å². The second-order valence-corrected chi connectivity index (χ2v) is 7.71. The van der Waals surface area contributed by atoms with E-state index in [0.717, 1.165) is 40.9 Å². The Morgan fingerprint density at radius 2 is 1.88 bits per heavy atom. The number of guanidine groups is 1. The molecule has 7 nitrogen and oxygen atoms in total. The van der Waals surface area contributed by atoms with Crippen molar-refractivity contribution in [3.05, 3.63) is 76.3 Å². The average molecular weight is 569 g/mol. The number of nitrogens with zero attached hydrogens (tertiary/aromatic N) is 4. The molecule has 2 N–H and O–H groups in total. The van der Waals surface area contributed by atoms with Gasteiger partial charge in [0.05, 0.1) is 13.2 Å². The Kier molecular flexibility index (Phi) is 10.2. The van der Waals surface area contributed by atoms with Crippen LogP contribution < -0.4 is 15.4 Å². The van der Waals surface area contributed by atoms with Crippen molar-refractivity contribution in [2.45, 2.75) is 32.9 Å². The minimum Gasteiger partial charge on any atom is -0.497 e. The van der Waals surface area contributed by atoms with Crippen molar-refractivity contribution in [2.75, 3.05) is 13.7 Å². The number of ether oxygens (including phenoxy) is 1. The first kappa shape index (κ1) is 25.9. The average Bonchev–Trinajstić information content (AvgIpc) is 3.10. The molecule has 0 aliphatic rings. The van der Waals surface area contributed by atoms with Gasteiger partial charge >= 0.3 is 0 Å². The van der Waals surface area contributed by atoms with Gasteiger partial charge in [-0.15, -0.1) is 34.2 Å². The van der Waals surface area contributed by atoms with Gasteiger partial charge < -0.3 is 19.9 Å². The highest BCUT2D eigenvalue weighted by Crippen LogP contribution is 2.22. The van der Waals surface area contributed by atoms with Crippen molar-refractivity contribution in [2.24, 2.45) is 12.0 Å². The number of aryl methyl sites for hydroxylation is 1. The minimum atomic E-state index is -0.0119. The number of aromatic nitrogens is 3. The summed E-state index contributed by atoms with van der Waals surface area (Å²) in [6.45, 7) is 5.13. The molecule has 32 heavy (non-hydrogen) atoms. The molecule has 0 bridgehead atoms. The number of halogens is 2. The smallest absolute Gasteiger partial charge is 0.192 e. The first-order valence-corrected chi connectivity index (χ1v) is 10.6. The molecule has 172 valence electrons. The topological polar surface area (TPSA) is 76.4 Å². The van der Waals surface area contributed by atoms with Gasteiger partial charge in [-0.05, 0) is 49.6 Å². The summed E-state index contributed by atoms with van der Waals surface area (Å²) in [6, 6.07) is 15.9. The van der Waals surface area contributed by atoms with Crippen LogP contribution in [-0.4, -0.2) is 34.4 Å². The van der Waals surface area contributed by atoms with Crippen LogP contribution in [0, 0.1) is 6.92 Å². The van der Waals surface area contributed by atoms with Gasteiger partial charge in [-0.2, -0.15) is 0 Å². The van der Waals surface area contributed by atoms with Crippen LogP contribution in [0.2, 0.25) is 5.02 Å². The van der Waals surface area contributed by atoms with Crippen LogP contribution in [0.15, 0.2) is 53.5 Å². The third kappa shape index (κ3) is 7.09. The molecule has 0 saturated carbocycles. The first-order chi connectivity index (χ1) is 15.0. The van der Waals surface area contributed by atoms with Crippen molar-refractivity contribution in [3.8, 4) is 5.75 Å². The van der Waals surface area contributed by atoms with Gasteiger partial charge in [0.15, 0.2) is 11.8 Å². The van der Waals surface area contributed by atoms with E-state index in [-0.39, 0.29) is 30.0 Å². The van der Waals surface area contributed by atoms with Crippen molar-refractivity contribution in [3.63, 3.8) is 0 Å². The van der Waals surface area contributed by atoms with E-state index in [0.29, 0.717) is 12.5 Å². The van der Waals surface area contributed by atoms with Gasteiger partial charge in [-0.3, -0.25) is 0 Å². The lowest BCUT2D eigenvalue weighted by Gasteiger charge is -2.19. The summed E-state index contributed by atoms with van der Waals surface area (Å²) in [4.78, 5) is 4.73. The Morgan fingerprint density at radius 1 is 1.16 bits per heavy atom. The Morgan fingerprint density at radius 3 is 2.50 bits per heavy atom. The number of nitrogens with one attached hydrogen (secondary N) is 2. The van der Waals surface area contributed by atoms with Gasteiger partial charge in [0.1, 0.15) is 18.1 Å². The first-order valence-electron chi connectivity index (χ1n) is 10.2. The van der Waals surface area contributed by atoms with Crippen LogP contribution in [-0.2, 0) is 20.0 Å². The molecule has 1 atom stereocenters. The highest BCUT2D eigenvalue weighted by Gasteiger charge is 2.12. The highest BCUT2D eigenvalue weighted by atomic mass is 127. The molecular formula is C23H30ClIN6O. The fourth-order valence-electron chi connectivity index (χ4n) is 3.12. The molecule has 0 spiro atoms. The molecule has 1 aromatic heterocycles. The summed E-state index contributed by atoms with van der Waals surface area (Å²) in [7, 11) is 3.61.